The fraction of sp³-hybridized carbons (Fsp3) is 0.571. The zero-order valence-electron chi connectivity index (χ0n) is 10.5. The molecule has 3 rings (SSSR count). The molecule has 2 aliphatic rings. The molecule has 1 N–H and O–H groups in total. The van der Waals surface area contributed by atoms with Crippen LogP contribution in [0.3, 0.4) is 0 Å². The van der Waals surface area contributed by atoms with Crippen LogP contribution in [0.5, 0.6) is 11.5 Å². The molecular weight excluding hydrogens is 246 g/mol. The minimum absolute atomic E-state index is 0.607. The predicted molar refractivity (Wildman–Crippen MR) is 76.0 cm³/mol. The Morgan fingerprint density at radius 3 is 2.67 bits per heavy atom. The van der Waals surface area contributed by atoms with E-state index in [2.05, 4.69) is 29.2 Å². The molecule has 3 nitrogen and oxygen atoms in total. The molecule has 0 bridgehead atoms. The topological polar surface area (TPSA) is 30.5 Å². The smallest absolute Gasteiger partial charge is 0.163 e. The Morgan fingerprint density at radius 2 is 1.83 bits per heavy atom. The summed E-state index contributed by atoms with van der Waals surface area (Å²) in [6.07, 6.45) is 3.45. The molecule has 4 heteroatoms. The molecule has 1 fully saturated rings. The lowest BCUT2D eigenvalue weighted by molar-refractivity contribution is 0.297. The summed E-state index contributed by atoms with van der Waals surface area (Å²) < 4.78 is 11.3. The quantitative estimate of drug-likeness (QED) is 0.890. The van der Waals surface area contributed by atoms with E-state index in [1.54, 1.807) is 0 Å². The van der Waals surface area contributed by atoms with Crippen LogP contribution in [0.1, 0.15) is 19.3 Å². The van der Waals surface area contributed by atoms with Gasteiger partial charge < -0.3 is 14.8 Å². The van der Waals surface area contributed by atoms with Gasteiger partial charge in [-0.2, -0.15) is 11.8 Å². The zero-order chi connectivity index (χ0) is 12.2. The van der Waals surface area contributed by atoms with Gasteiger partial charge in [-0.05, 0) is 36.5 Å². The third kappa shape index (κ3) is 2.86. The summed E-state index contributed by atoms with van der Waals surface area (Å²) in [5.74, 6) is 4.28. The Kier molecular flexibility index (Phi) is 3.84. The Bertz CT molecular complexity index is 405. The second kappa shape index (κ2) is 5.74. The molecular formula is C14H19NO2S. The number of benzene rings is 1. The van der Waals surface area contributed by atoms with Crippen molar-refractivity contribution in [2.24, 2.45) is 0 Å². The monoisotopic (exact) mass is 265 g/mol. The predicted octanol–water partition coefficient (Wildman–Crippen LogP) is 3.16. The number of thioether (sulfide) groups is 1. The van der Waals surface area contributed by atoms with Crippen LogP contribution in [0.4, 0.5) is 5.69 Å². The molecule has 1 aromatic rings. The minimum Gasteiger partial charge on any atom is -0.490 e. The van der Waals surface area contributed by atoms with E-state index in [1.165, 1.54) is 24.3 Å². The first-order chi connectivity index (χ1) is 8.92. The molecule has 1 saturated heterocycles. The van der Waals surface area contributed by atoms with Crippen molar-refractivity contribution >= 4 is 17.4 Å². The summed E-state index contributed by atoms with van der Waals surface area (Å²) in [6, 6.07) is 6.79. The number of anilines is 1. The highest BCUT2D eigenvalue weighted by atomic mass is 32.2. The second-order valence-corrected chi connectivity index (χ2v) is 5.97. The van der Waals surface area contributed by atoms with Gasteiger partial charge >= 0.3 is 0 Å². The summed E-state index contributed by atoms with van der Waals surface area (Å²) in [5, 5.41) is 3.60. The summed E-state index contributed by atoms with van der Waals surface area (Å²) >= 11 is 2.05. The average Bonchev–Trinajstić information content (AvgIpc) is 2.64. The van der Waals surface area contributed by atoms with Gasteiger partial charge in [-0.25, -0.2) is 0 Å². The molecule has 18 heavy (non-hydrogen) atoms. The maximum absolute atomic E-state index is 5.71. The van der Waals surface area contributed by atoms with Crippen LogP contribution >= 0.6 is 11.8 Å². The summed E-state index contributed by atoms with van der Waals surface area (Å²) in [5.41, 5.74) is 1.15. The number of nitrogens with one attached hydrogen (secondary N) is 1. The lowest BCUT2D eigenvalue weighted by Gasteiger charge is -2.24. The van der Waals surface area contributed by atoms with E-state index in [-0.39, 0.29) is 0 Å². The fourth-order valence-corrected chi connectivity index (χ4v) is 3.44. The number of hydrogen-bond acceptors (Lipinski definition) is 4. The lowest BCUT2D eigenvalue weighted by atomic mass is 10.1. The first kappa shape index (κ1) is 12.0. The molecule has 2 aliphatic heterocycles. The van der Waals surface area contributed by atoms with Crippen molar-refractivity contribution in [1.82, 2.24) is 0 Å². The maximum Gasteiger partial charge on any atom is 0.163 e. The van der Waals surface area contributed by atoms with Crippen molar-refractivity contribution in [2.45, 2.75) is 25.3 Å². The molecule has 98 valence electrons. The van der Waals surface area contributed by atoms with Crippen LogP contribution < -0.4 is 14.8 Å². The molecule has 1 aromatic carbocycles. The van der Waals surface area contributed by atoms with Crippen molar-refractivity contribution in [1.29, 1.82) is 0 Å². The molecule has 2 heterocycles. The van der Waals surface area contributed by atoms with Crippen LogP contribution in [0.15, 0.2) is 18.2 Å². The van der Waals surface area contributed by atoms with Gasteiger partial charge in [-0.15, -0.1) is 0 Å². The van der Waals surface area contributed by atoms with Gasteiger partial charge in [0.15, 0.2) is 11.5 Å². The number of fused-ring (bicyclic) bond motifs is 1. The van der Waals surface area contributed by atoms with E-state index in [0.717, 1.165) is 36.8 Å². The summed E-state index contributed by atoms with van der Waals surface area (Å²) in [6.45, 7) is 1.50. The van der Waals surface area contributed by atoms with E-state index in [1.807, 2.05) is 6.07 Å². The van der Waals surface area contributed by atoms with Gasteiger partial charge in [0.25, 0.3) is 0 Å². The van der Waals surface area contributed by atoms with Crippen molar-refractivity contribution < 1.29 is 9.47 Å². The normalized spacial score (nSPS) is 20.2. The first-order valence-electron chi connectivity index (χ1n) is 6.66. The highest BCUT2D eigenvalue weighted by Crippen LogP contribution is 2.33. The maximum atomic E-state index is 5.71. The van der Waals surface area contributed by atoms with E-state index >= 15 is 0 Å². The Hall–Kier alpha value is -1.03. The largest absolute Gasteiger partial charge is 0.490 e. The van der Waals surface area contributed by atoms with Crippen LogP contribution in [0.2, 0.25) is 0 Å². The van der Waals surface area contributed by atoms with E-state index in [4.69, 9.17) is 9.47 Å². The Morgan fingerprint density at radius 1 is 1.06 bits per heavy atom. The molecule has 0 spiro atoms. The molecule has 0 aliphatic carbocycles. The van der Waals surface area contributed by atoms with Crippen LogP contribution in [0, 0.1) is 0 Å². The highest BCUT2D eigenvalue weighted by molar-refractivity contribution is 7.99. The standard InChI is InChI=1S/C14H19NO2S/c1-6-16-13-3-2-12(10-14(13)17-7-1)15-11-4-8-18-9-5-11/h2-3,10-11,15H,1,4-9H2. The Balaban J connectivity index is 1.70. The van der Waals surface area contributed by atoms with Gasteiger partial charge in [0.1, 0.15) is 0 Å². The SMILES string of the molecule is c1cc2c(cc1NC1CCSCC1)OCCCO2. The van der Waals surface area contributed by atoms with Crippen molar-refractivity contribution in [3.63, 3.8) is 0 Å². The molecule has 0 unspecified atom stereocenters. The van der Waals surface area contributed by atoms with Gasteiger partial charge in [0.05, 0.1) is 13.2 Å². The molecule has 0 atom stereocenters. The third-order valence-corrected chi connectivity index (χ3v) is 4.39. The molecule has 0 amide bonds. The average molecular weight is 265 g/mol. The van der Waals surface area contributed by atoms with Gasteiger partial charge in [0, 0.05) is 24.2 Å². The van der Waals surface area contributed by atoms with Crippen molar-refractivity contribution in [3.8, 4) is 11.5 Å². The van der Waals surface area contributed by atoms with Crippen molar-refractivity contribution in [2.75, 3.05) is 30.0 Å². The fourth-order valence-electron chi connectivity index (χ4n) is 2.33. The zero-order valence-corrected chi connectivity index (χ0v) is 11.3. The lowest BCUT2D eigenvalue weighted by Crippen LogP contribution is -2.24. The van der Waals surface area contributed by atoms with Crippen LogP contribution in [-0.2, 0) is 0 Å². The van der Waals surface area contributed by atoms with Gasteiger partial charge in [-0.3, -0.25) is 0 Å². The van der Waals surface area contributed by atoms with Gasteiger partial charge in [-0.1, -0.05) is 0 Å². The van der Waals surface area contributed by atoms with E-state index < -0.39 is 0 Å². The third-order valence-electron chi connectivity index (χ3n) is 3.34. The molecule has 0 aromatic heterocycles. The summed E-state index contributed by atoms with van der Waals surface area (Å²) in [7, 11) is 0. The number of ether oxygens (including phenoxy) is 2. The second-order valence-electron chi connectivity index (χ2n) is 4.74. The van der Waals surface area contributed by atoms with Gasteiger partial charge in [0.2, 0.25) is 0 Å². The molecule has 0 radical (unpaired) electrons. The summed E-state index contributed by atoms with van der Waals surface area (Å²) in [4.78, 5) is 0. The highest BCUT2D eigenvalue weighted by Gasteiger charge is 2.15. The first-order valence-corrected chi connectivity index (χ1v) is 7.81. The Labute approximate surface area is 112 Å². The van der Waals surface area contributed by atoms with E-state index in [9.17, 15) is 0 Å². The van der Waals surface area contributed by atoms with Crippen LogP contribution in [-0.4, -0.2) is 30.8 Å². The number of rotatable bonds is 2. The van der Waals surface area contributed by atoms with Crippen LogP contribution in [0.25, 0.3) is 0 Å². The molecule has 0 saturated carbocycles. The van der Waals surface area contributed by atoms with E-state index in [0.29, 0.717) is 6.04 Å². The van der Waals surface area contributed by atoms with Crippen molar-refractivity contribution in [3.05, 3.63) is 18.2 Å². The minimum atomic E-state index is 0.607. The number of hydrogen-bond donors (Lipinski definition) is 1.